The van der Waals surface area contributed by atoms with Crippen LogP contribution in [0.15, 0.2) is 46.9 Å². The maximum Gasteiger partial charge on any atom is 0.263 e. The van der Waals surface area contributed by atoms with Gasteiger partial charge >= 0.3 is 0 Å². The number of benzene rings is 1. The Hall–Kier alpha value is -2.63. The molecule has 0 spiro atoms. The fraction of sp³-hybridized carbons (Fsp3) is 0.294. The molecule has 1 aromatic carbocycles. The van der Waals surface area contributed by atoms with E-state index in [1.807, 2.05) is 0 Å². The van der Waals surface area contributed by atoms with Gasteiger partial charge in [0, 0.05) is 19.6 Å². The lowest BCUT2D eigenvalue weighted by Crippen LogP contribution is -2.28. The molecule has 1 fully saturated rings. The minimum atomic E-state index is -3.43. The molecule has 0 bridgehead atoms. The smallest absolute Gasteiger partial charge is 0.263 e. The number of aromatic nitrogens is 4. The summed E-state index contributed by atoms with van der Waals surface area (Å²) < 4.78 is 28.1. The standard InChI is InChI=1S/C17H18N6O3S2/c24-17(16-15(7-10-27-16)23-12-19-20-21-23)18-11-13-3-5-14(6-4-13)28(25,26)22-8-1-2-9-22/h3-7,10,12H,1-2,8-9,11H2,(H,18,24). The molecule has 4 rings (SSSR count). The van der Waals surface area contributed by atoms with Crippen LogP contribution in [0.3, 0.4) is 0 Å². The van der Waals surface area contributed by atoms with Gasteiger partial charge in [-0.2, -0.15) is 8.99 Å². The van der Waals surface area contributed by atoms with E-state index in [9.17, 15) is 13.2 Å². The molecule has 9 nitrogen and oxygen atoms in total. The van der Waals surface area contributed by atoms with Crippen molar-refractivity contribution in [1.29, 1.82) is 0 Å². The van der Waals surface area contributed by atoms with E-state index in [0.717, 1.165) is 18.4 Å². The molecular weight excluding hydrogens is 400 g/mol. The second kappa shape index (κ2) is 7.78. The van der Waals surface area contributed by atoms with Gasteiger partial charge in [0.1, 0.15) is 11.2 Å². The minimum absolute atomic E-state index is 0.241. The third-order valence-electron chi connectivity index (χ3n) is 4.53. The fourth-order valence-corrected chi connectivity index (χ4v) is 5.36. The van der Waals surface area contributed by atoms with Crippen molar-refractivity contribution in [3.63, 3.8) is 0 Å². The molecule has 0 saturated carbocycles. The van der Waals surface area contributed by atoms with Gasteiger partial charge in [-0.3, -0.25) is 4.79 Å². The average molecular weight is 419 g/mol. The number of amides is 1. The van der Waals surface area contributed by atoms with Crippen molar-refractivity contribution >= 4 is 27.3 Å². The van der Waals surface area contributed by atoms with Crippen LogP contribution in [0.5, 0.6) is 0 Å². The van der Waals surface area contributed by atoms with E-state index in [0.29, 0.717) is 23.7 Å². The highest BCUT2D eigenvalue weighted by Crippen LogP contribution is 2.22. The Kier molecular flexibility index (Phi) is 5.20. The number of nitrogens with zero attached hydrogens (tertiary/aromatic N) is 5. The molecule has 3 heterocycles. The lowest BCUT2D eigenvalue weighted by atomic mass is 10.2. The summed E-state index contributed by atoms with van der Waals surface area (Å²) in [4.78, 5) is 13.3. The molecule has 1 amide bonds. The highest BCUT2D eigenvalue weighted by molar-refractivity contribution is 7.89. The molecule has 0 atom stereocenters. The number of hydrogen-bond acceptors (Lipinski definition) is 7. The predicted molar refractivity (Wildman–Crippen MR) is 103 cm³/mol. The molecule has 1 N–H and O–H groups in total. The predicted octanol–water partition coefficient (Wildman–Crippen LogP) is 1.44. The molecule has 1 aliphatic rings. The summed E-state index contributed by atoms with van der Waals surface area (Å²) in [5, 5.41) is 15.6. The summed E-state index contributed by atoms with van der Waals surface area (Å²) in [6, 6.07) is 8.40. The van der Waals surface area contributed by atoms with Crippen LogP contribution in [-0.4, -0.2) is 51.9 Å². The summed E-state index contributed by atoms with van der Waals surface area (Å²) in [5.74, 6) is -0.241. The molecule has 3 aromatic rings. The van der Waals surface area contributed by atoms with Crippen LogP contribution in [0.1, 0.15) is 28.1 Å². The van der Waals surface area contributed by atoms with E-state index >= 15 is 0 Å². The maximum atomic E-state index is 12.6. The molecule has 146 valence electrons. The van der Waals surface area contributed by atoms with Gasteiger partial charge in [-0.15, -0.1) is 16.4 Å². The van der Waals surface area contributed by atoms with Gasteiger partial charge in [-0.05, 0) is 52.4 Å². The quantitative estimate of drug-likeness (QED) is 0.649. The van der Waals surface area contributed by atoms with Crippen LogP contribution in [0.4, 0.5) is 0 Å². The topological polar surface area (TPSA) is 110 Å². The molecular formula is C17H18N6O3S2. The lowest BCUT2D eigenvalue weighted by Gasteiger charge is -2.15. The van der Waals surface area contributed by atoms with Crippen molar-refractivity contribution in [1.82, 2.24) is 29.8 Å². The highest BCUT2D eigenvalue weighted by Gasteiger charge is 2.26. The number of nitrogens with one attached hydrogen (secondary N) is 1. The van der Waals surface area contributed by atoms with Gasteiger partial charge in [-0.25, -0.2) is 8.42 Å². The Morgan fingerprint density at radius 3 is 2.57 bits per heavy atom. The van der Waals surface area contributed by atoms with Crippen molar-refractivity contribution in [2.45, 2.75) is 24.3 Å². The normalized spacial score (nSPS) is 15.0. The Morgan fingerprint density at radius 2 is 1.89 bits per heavy atom. The monoisotopic (exact) mass is 418 g/mol. The summed E-state index contributed by atoms with van der Waals surface area (Å²) in [6.07, 6.45) is 3.23. The van der Waals surface area contributed by atoms with Crippen molar-refractivity contribution < 1.29 is 13.2 Å². The number of carbonyl (C=O) groups excluding carboxylic acids is 1. The third kappa shape index (κ3) is 3.68. The van der Waals surface area contributed by atoms with Crippen LogP contribution < -0.4 is 5.32 Å². The second-order valence-electron chi connectivity index (χ2n) is 6.33. The number of thiophene rings is 1. The van der Waals surface area contributed by atoms with Crippen LogP contribution in [-0.2, 0) is 16.6 Å². The SMILES string of the molecule is O=C(NCc1ccc(S(=O)(=O)N2CCCC2)cc1)c1sccc1-n1cnnn1. The molecule has 0 radical (unpaired) electrons. The highest BCUT2D eigenvalue weighted by atomic mass is 32.2. The second-order valence-corrected chi connectivity index (χ2v) is 9.18. The van der Waals surface area contributed by atoms with Crippen molar-refractivity contribution in [3.8, 4) is 5.69 Å². The Labute approximate surface area is 166 Å². The molecule has 28 heavy (non-hydrogen) atoms. The zero-order chi connectivity index (χ0) is 19.6. The van der Waals surface area contributed by atoms with E-state index in [2.05, 4.69) is 20.8 Å². The summed E-state index contributed by atoms with van der Waals surface area (Å²) in [7, 11) is -3.43. The van der Waals surface area contributed by atoms with Crippen molar-refractivity contribution in [3.05, 3.63) is 52.5 Å². The van der Waals surface area contributed by atoms with Gasteiger partial charge in [-0.1, -0.05) is 12.1 Å². The van der Waals surface area contributed by atoms with Gasteiger partial charge in [0.15, 0.2) is 0 Å². The van der Waals surface area contributed by atoms with E-state index < -0.39 is 10.0 Å². The van der Waals surface area contributed by atoms with Crippen molar-refractivity contribution in [2.75, 3.05) is 13.1 Å². The van der Waals surface area contributed by atoms with E-state index in [1.54, 1.807) is 35.7 Å². The number of sulfonamides is 1. The van der Waals surface area contributed by atoms with Crippen LogP contribution >= 0.6 is 11.3 Å². The Bertz CT molecular complexity index is 1050. The molecule has 1 saturated heterocycles. The Balaban J connectivity index is 1.42. The van der Waals surface area contributed by atoms with Crippen LogP contribution in [0.25, 0.3) is 5.69 Å². The zero-order valence-corrected chi connectivity index (χ0v) is 16.5. The lowest BCUT2D eigenvalue weighted by molar-refractivity contribution is 0.0955. The molecule has 11 heteroatoms. The third-order valence-corrected chi connectivity index (χ3v) is 7.34. The van der Waals surface area contributed by atoms with Gasteiger partial charge in [0.2, 0.25) is 10.0 Å². The summed E-state index contributed by atoms with van der Waals surface area (Å²) in [6.45, 7) is 1.44. The molecule has 1 aliphatic heterocycles. The van der Waals surface area contributed by atoms with E-state index in [1.165, 1.54) is 26.7 Å². The number of rotatable bonds is 6. The Morgan fingerprint density at radius 1 is 1.14 bits per heavy atom. The fourth-order valence-electron chi connectivity index (χ4n) is 3.04. The largest absolute Gasteiger partial charge is 0.347 e. The van der Waals surface area contributed by atoms with Crippen LogP contribution in [0, 0.1) is 0 Å². The van der Waals surface area contributed by atoms with Gasteiger partial charge in [0.05, 0.1) is 10.6 Å². The average Bonchev–Trinajstić information content (AvgIpc) is 3.47. The number of hydrogen-bond donors (Lipinski definition) is 1. The van der Waals surface area contributed by atoms with Crippen LogP contribution in [0.2, 0.25) is 0 Å². The number of tetrazole rings is 1. The maximum absolute atomic E-state index is 12.6. The van der Waals surface area contributed by atoms with Crippen molar-refractivity contribution in [2.24, 2.45) is 0 Å². The molecule has 2 aromatic heterocycles. The van der Waals surface area contributed by atoms with Gasteiger partial charge in [0.25, 0.3) is 5.91 Å². The summed E-state index contributed by atoms with van der Waals surface area (Å²) >= 11 is 1.30. The first kappa shape index (κ1) is 18.7. The van der Waals surface area contributed by atoms with E-state index in [4.69, 9.17) is 0 Å². The number of carbonyl (C=O) groups is 1. The minimum Gasteiger partial charge on any atom is -0.347 e. The first-order valence-corrected chi connectivity index (χ1v) is 11.1. The molecule has 0 unspecified atom stereocenters. The zero-order valence-electron chi connectivity index (χ0n) is 14.9. The first-order chi connectivity index (χ1) is 13.6. The first-order valence-electron chi connectivity index (χ1n) is 8.74. The van der Waals surface area contributed by atoms with E-state index in [-0.39, 0.29) is 17.3 Å². The summed E-state index contributed by atoms with van der Waals surface area (Å²) in [5.41, 5.74) is 1.42. The molecule has 0 aliphatic carbocycles. The van der Waals surface area contributed by atoms with Gasteiger partial charge < -0.3 is 5.32 Å².